The summed E-state index contributed by atoms with van der Waals surface area (Å²) < 4.78 is 11.6. The van der Waals surface area contributed by atoms with Crippen LogP contribution in [0.4, 0.5) is 0 Å². The number of hydrogen-bond acceptors (Lipinski definition) is 12. The molecule has 12 heteroatoms. The molecule has 0 aliphatic carbocycles. The number of rotatable bonds is 12. The van der Waals surface area contributed by atoms with E-state index >= 15 is 0 Å². The van der Waals surface area contributed by atoms with Crippen LogP contribution < -0.4 is 5.32 Å². The highest BCUT2D eigenvalue weighted by Gasteiger charge is 2.21. The molecule has 0 amide bonds. The van der Waals surface area contributed by atoms with Gasteiger partial charge in [-0.25, -0.2) is 0 Å². The summed E-state index contributed by atoms with van der Waals surface area (Å²) in [5.41, 5.74) is 4.02. The molecule has 1 fully saturated rings. The van der Waals surface area contributed by atoms with Gasteiger partial charge in [0, 0.05) is 36.8 Å². The number of aromatic nitrogens is 6. The summed E-state index contributed by atoms with van der Waals surface area (Å²) in [4.78, 5) is 11.0. The highest BCUT2D eigenvalue weighted by molar-refractivity contribution is 5.62. The van der Waals surface area contributed by atoms with Crippen LogP contribution in [-0.4, -0.2) is 71.2 Å². The fourth-order valence-electron chi connectivity index (χ4n) is 5.36. The predicted molar refractivity (Wildman–Crippen MR) is 161 cm³/mol. The maximum atomic E-state index is 10.9. The summed E-state index contributed by atoms with van der Waals surface area (Å²) in [5, 5.41) is 40.0. The van der Waals surface area contributed by atoms with E-state index in [9.17, 15) is 5.11 Å². The zero-order chi connectivity index (χ0) is 30.3. The van der Waals surface area contributed by atoms with E-state index in [-0.39, 0.29) is 12.6 Å². The van der Waals surface area contributed by atoms with Crippen molar-refractivity contribution < 1.29 is 19.0 Å². The van der Waals surface area contributed by atoms with Gasteiger partial charge in [-0.15, -0.1) is 20.4 Å². The summed E-state index contributed by atoms with van der Waals surface area (Å²) in [6.07, 6.45) is 7.39. The standard InChI is InChI=1S/C32H36N8O4/c1-21(34-19-28-36-38-31(43-28)25-3-2-13-33-17-25)30(42)24-6-4-23(5-7-24)27-9-8-26(18-35-27)32-39-37-29(44-32)20-40-14-10-22(11-15-40)12-16-41/h2-9,13,17-18,21-22,30,34,41-42H,10-12,14-16,19-20H2,1H3. The van der Waals surface area contributed by atoms with Crippen molar-refractivity contribution in [1.29, 1.82) is 0 Å². The zero-order valence-corrected chi connectivity index (χ0v) is 24.6. The lowest BCUT2D eigenvalue weighted by molar-refractivity contribution is 0.134. The van der Waals surface area contributed by atoms with Crippen LogP contribution in [0.3, 0.4) is 0 Å². The number of likely N-dealkylation sites (tertiary alicyclic amines) is 1. The van der Waals surface area contributed by atoms with Crippen molar-refractivity contribution in [2.24, 2.45) is 5.92 Å². The third kappa shape index (κ3) is 7.22. The molecule has 0 spiro atoms. The zero-order valence-electron chi connectivity index (χ0n) is 24.6. The average molecular weight is 597 g/mol. The first-order valence-electron chi connectivity index (χ1n) is 14.9. The molecule has 12 nitrogen and oxygen atoms in total. The minimum Gasteiger partial charge on any atom is -0.419 e. The molecule has 0 saturated carbocycles. The molecule has 6 rings (SSSR count). The molecular weight excluding hydrogens is 560 g/mol. The second-order valence-corrected chi connectivity index (χ2v) is 11.1. The van der Waals surface area contributed by atoms with Gasteiger partial charge >= 0.3 is 0 Å². The first-order chi connectivity index (χ1) is 21.6. The van der Waals surface area contributed by atoms with E-state index < -0.39 is 6.10 Å². The van der Waals surface area contributed by atoms with Crippen LogP contribution >= 0.6 is 0 Å². The summed E-state index contributed by atoms with van der Waals surface area (Å²) in [6.45, 7) is 5.06. The van der Waals surface area contributed by atoms with Crippen molar-refractivity contribution in [2.75, 3.05) is 19.7 Å². The van der Waals surface area contributed by atoms with Crippen LogP contribution in [0.25, 0.3) is 34.2 Å². The molecule has 0 bridgehead atoms. The van der Waals surface area contributed by atoms with Gasteiger partial charge in [0.2, 0.25) is 23.6 Å². The van der Waals surface area contributed by atoms with Crippen molar-refractivity contribution in [3.05, 3.63) is 84.5 Å². The Balaban J connectivity index is 1.01. The topological polar surface area (TPSA) is 159 Å². The Labute approximate surface area is 255 Å². The smallest absolute Gasteiger partial charge is 0.249 e. The van der Waals surface area contributed by atoms with Gasteiger partial charge in [0.05, 0.1) is 36.0 Å². The normalized spacial score (nSPS) is 15.8. The van der Waals surface area contributed by atoms with E-state index in [2.05, 4.69) is 40.6 Å². The molecule has 1 saturated heterocycles. The number of hydrogen-bond donors (Lipinski definition) is 3. The lowest BCUT2D eigenvalue weighted by Gasteiger charge is -2.30. The Morgan fingerprint density at radius 1 is 0.886 bits per heavy atom. The first kappa shape index (κ1) is 29.7. The molecular formula is C32H36N8O4. The third-order valence-electron chi connectivity index (χ3n) is 8.05. The fraction of sp³-hybridized carbons (Fsp3) is 0.375. The van der Waals surface area contributed by atoms with Crippen LogP contribution in [0.2, 0.25) is 0 Å². The molecule has 1 aromatic carbocycles. The third-order valence-corrected chi connectivity index (χ3v) is 8.05. The van der Waals surface area contributed by atoms with E-state index in [0.717, 1.165) is 60.3 Å². The van der Waals surface area contributed by atoms with E-state index in [1.165, 1.54) is 0 Å². The number of benzene rings is 1. The average Bonchev–Trinajstić information content (AvgIpc) is 3.75. The molecule has 5 heterocycles. The monoisotopic (exact) mass is 596 g/mol. The maximum absolute atomic E-state index is 10.9. The Morgan fingerprint density at radius 3 is 2.27 bits per heavy atom. The molecule has 1 aliphatic heterocycles. The fourth-order valence-corrected chi connectivity index (χ4v) is 5.36. The largest absolute Gasteiger partial charge is 0.419 e. The predicted octanol–water partition coefficient (Wildman–Crippen LogP) is 4.05. The van der Waals surface area contributed by atoms with Crippen molar-refractivity contribution in [3.63, 3.8) is 0 Å². The van der Waals surface area contributed by atoms with Crippen LogP contribution in [0.1, 0.15) is 49.6 Å². The molecule has 3 N–H and O–H groups in total. The van der Waals surface area contributed by atoms with Crippen LogP contribution in [0.15, 0.2) is 76.0 Å². The molecule has 5 aromatic rings. The van der Waals surface area contributed by atoms with Crippen molar-refractivity contribution in [2.45, 2.75) is 51.4 Å². The van der Waals surface area contributed by atoms with E-state index in [1.807, 2.05) is 55.5 Å². The van der Waals surface area contributed by atoms with Crippen LogP contribution in [-0.2, 0) is 13.1 Å². The first-order valence-corrected chi connectivity index (χ1v) is 14.9. The molecule has 44 heavy (non-hydrogen) atoms. The minimum atomic E-state index is -0.737. The number of piperidine rings is 1. The highest BCUT2D eigenvalue weighted by atomic mass is 16.4. The molecule has 2 atom stereocenters. The van der Waals surface area contributed by atoms with Gasteiger partial charge in [0.1, 0.15) is 0 Å². The lowest BCUT2D eigenvalue weighted by atomic mass is 9.94. The summed E-state index contributed by atoms with van der Waals surface area (Å²) in [6, 6.07) is 14.9. The molecule has 2 unspecified atom stereocenters. The Morgan fingerprint density at radius 2 is 1.59 bits per heavy atom. The van der Waals surface area contributed by atoms with Gasteiger partial charge in [-0.1, -0.05) is 24.3 Å². The van der Waals surface area contributed by atoms with Crippen LogP contribution in [0.5, 0.6) is 0 Å². The Kier molecular flexibility index (Phi) is 9.42. The number of aliphatic hydroxyl groups is 2. The Hall–Kier alpha value is -4.36. The second kappa shape index (κ2) is 14.0. The van der Waals surface area contributed by atoms with Gasteiger partial charge in [0.15, 0.2) is 0 Å². The summed E-state index contributed by atoms with van der Waals surface area (Å²) in [7, 11) is 0. The number of pyridine rings is 2. The molecule has 1 aliphatic rings. The summed E-state index contributed by atoms with van der Waals surface area (Å²) >= 11 is 0. The molecule has 0 radical (unpaired) electrons. The van der Waals surface area contributed by atoms with Gasteiger partial charge in [0.25, 0.3) is 0 Å². The Bertz CT molecular complexity index is 1600. The van der Waals surface area contributed by atoms with E-state index in [0.29, 0.717) is 42.6 Å². The van der Waals surface area contributed by atoms with Gasteiger partial charge in [-0.2, -0.15) is 0 Å². The second-order valence-electron chi connectivity index (χ2n) is 11.1. The SMILES string of the molecule is CC(NCc1nnc(-c2cccnc2)o1)C(O)c1ccc(-c2ccc(-c3nnc(CN4CCC(CCO)CC4)o3)cn2)cc1. The van der Waals surface area contributed by atoms with E-state index in [1.54, 1.807) is 18.6 Å². The van der Waals surface area contributed by atoms with Crippen LogP contribution in [0, 0.1) is 5.92 Å². The lowest BCUT2D eigenvalue weighted by Crippen LogP contribution is -2.33. The van der Waals surface area contributed by atoms with Gasteiger partial charge in [-0.05, 0) is 75.0 Å². The summed E-state index contributed by atoms with van der Waals surface area (Å²) in [5.74, 6) is 2.48. The number of aliphatic hydroxyl groups excluding tert-OH is 2. The number of nitrogens with one attached hydrogen (secondary N) is 1. The van der Waals surface area contributed by atoms with Crippen molar-refractivity contribution in [3.8, 4) is 34.2 Å². The van der Waals surface area contributed by atoms with Gasteiger partial charge < -0.3 is 24.4 Å². The quantitative estimate of drug-likeness (QED) is 0.190. The maximum Gasteiger partial charge on any atom is 0.249 e. The van der Waals surface area contributed by atoms with Crippen molar-refractivity contribution >= 4 is 0 Å². The minimum absolute atomic E-state index is 0.260. The van der Waals surface area contributed by atoms with E-state index in [4.69, 9.17) is 13.9 Å². The highest BCUT2D eigenvalue weighted by Crippen LogP contribution is 2.26. The molecule has 4 aromatic heterocycles. The molecule has 228 valence electrons. The number of nitrogens with zero attached hydrogens (tertiary/aromatic N) is 7. The van der Waals surface area contributed by atoms with Gasteiger partial charge in [-0.3, -0.25) is 14.9 Å². The van der Waals surface area contributed by atoms with Crippen molar-refractivity contribution in [1.82, 2.24) is 40.6 Å².